The van der Waals surface area contributed by atoms with Crippen LogP contribution in [0.2, 0.25) is 10.0 Å². The Hall–Kier alpha value is -1.19. The van der Waals surface area contributed by atoms with Crippen LogP contribution in [0.5, 0.6) is 0 Å². The zero-order chi connectivity index (χ0) is 12.4. The van der Waals surface area contributed by atoms with Gasteiger partial charge in [-0.3, -0.25) is 5.10 Å². The summed E-state index contributed by atoms with van der Waals surface area (Å²) in [7, 11) is 0. The largest absolute Gasteiger partial charge is 0.378 e. The lowest BCUT2D eigenvalue weighted by Gasteiger charge is -2.08. The summed E-state index contributed by atoms with van der Waals surface area (Å²) >= 11 is 11.9. The van der Waals surface area contributed by atoms with Crippen molar-refractivity contribution in [1.82, 2.24) is 10.2 Å². The fourth-order valence-electron chi connectivity index (χ4n) is 1.66. The summed E-state index contributed by atoms with van der Waals surface area (Å²) in [5.41, 5.74) is 4.01. The second kappa shape index (κ2) is 4.98. The van der Waals surface area contributed by atoms with Gasteiger partial charge in [-0.2, -0.15) is 5.10 Å². The molecule has 17 heavy (non-hydrogen) atoms. The van der Waals surface area contributed by atoms with Crippen molar-refractivity contribution in [1.29, 1.82) is 0 Å². The molecule has 1 aromatic carbocycles. The first kappa shape index (κ1) is 12.3. The summed E-state index contributed by atoms with van der Waals surface area (Å²) in [5, 5.41) is 11.7. The van der Waals surface area contributed by atoms with Crippen LogP contribution in [0.25, 0.3) is 0 Å². The number of anilines is 1. The van der Waals surface area contributed by atoms with E-state index >= 15 is 0 Å². The second-order valence-corrected chi connectivity index (χ2v) is 4.74. The fourth-order valence-corrected chi connectivity index (χ4v) is 2.14. The van der Waals surface area contributed by atoms with Crippen LogP contribution in [-0.4, -0.2) is 10.2 Å². The van der Waals surface area contributed by atoms with E-state index in [-0.39, 0.29) is 0 Å². The fraction of sp³-hybridized carbons (Fsp3) is 0.250. The summed E-state index contributed by atoms with van der Waals surface area (Å²) in [6.45, 7) is 4.58. The summed E-state index contributed by atoms with van der Waals surface area (Å²) in [6.07, 6.45) is 0. The Morgan fingerprint density at radius 3 is 2.65 bits per heavy atom. The molecule has 0 amide bonds. The standard InChI is InChI=1S/C12H13Cl2N3/c1-7-12(8(2)17-16-7)15-6-9-3-4-10(13)5-11(9)14/h3-5,15H,6H2,1-2H3,(H,16,17). The highest BCUT2D eigenvalue weighted by Crippen LogP contribution is 2.23. The first-order valence-corrected chi connectivity index (χ1v) is 6.03. The number of H-pyrrole nitrogens is 1. The van der Waals surface area contributed by atoms with Crippen LogP contribution in [0.4, 0.5) is 5.69 Å². The van der Waals surface area contributed by atoms with Crippen molar-refractivity contribution in [3.63, 3.8) is 0 Å². The van der Waals surface area contributed by atoms with E-state index in [0.29, 0.717) is 16.6 Å². The van der Waals surface area contributed by atoms with E-state index in [1.165, 1.54) is 0 Å². The summed E-state index contributed by atoms with van der Waals surface area (Å²) < 4.78 is 0. The van der Waals surface area contributed by atoms with Gasteiger partial charge in [-0.15, -0.1) is 0 Å². The highest BCUT2D eigenvalue weighted by molar-refractivity contribution is 6.35. The second-order valence-electron chi connectivity index (χ2n) is 3.90. The SMILES string of the molecule is Cc1n[nH]c(C)c1NCc1ccc(Cl)cc1Cl. The maximum atomic E-state index is 6.10. The van der Waals surface area contributed by atoms with Crippen LogP contribution in [0.3, 0.4) is 0 Å². The van der Waals surface area contributed by atoms with Crippen LogP contribution in [0.1, 0.15) is 17.0 Å². The van der Waals surface area contributed by atoms with Crippen molar-refractivity contribution < 1.29 is 0 Å². The Labute approximate surface area is 110 Å². The number of hydrogen-bond acceptors (Lipinski definition) is 2. The molecule has 0 aliphatic heterocycles. The minimum atomic E-state index is 0.648. The molecule has 0 fully saturated rings. The zero-order valence-electron chi connectivity index (χ0n) is 9.64. The molecule has 1 heterocycles. The van der Waals surface area contributed by atoms with Crippen molar-refractivity contribution in [3.8, 4) is 0 Å². The van der Waals surface area contributed by atoms with E-state index < -0.39 is 0 Å². The molecular weight excluding hydrogens is 257 g/mol. The molecule has 0 bridgehead atoms. The lowest BCUT2D eigenvalue weighted by molar-refractivity contribution is 1.02. The predicted molar refractivity (Wildman–Crippen MR) is 71.9 cm³/mol. The molecule has 2 rings (SSSR count). The summed E-state index contributed by atoms with van der Waals surface area (Å²) in [5.74, 6) is 0. The normalized spacial score (nSPS) is 10.6. The zero-order valence-corrected chi connectivity index (χ0v) is 11.2. The first-order valence-electron chi connectivity index (χ1n) is 5.27. The Kier molecular flexibility index (Phi) is 3.60. The van der Waals surface area contributed by atoms with E-state index in [2.05, 4.69) is 15.5 Å². The number of benzene rings is 1. The number of nitrogens with one attached hydrogen (secondary N) is 2. The number of aromatic nitrogens is 2. The number of nitrogens with zero attached hydrogens (tertiary/aromatic N) is 1. The van der Waals surface area contributed by atoms with Crippen molar-refractivity contribution in [2.45, 2.75) is 20.4 Å². The molecule has 0 saturated heterocycles. The van der Waals surface area contributed by atoms with Crippen LogP contribution < -0.4 is 5.32 Å². The van der Waals surface area contributed by atoms with Gasteiger partial charge in [-0.25, -0.2) is 0 Å². The van der Waals surface area contributed by atoms with Crippen molar-refractivity contribution >= 4 is 28.9 Å². The minimum Gasteiger partial charge on any atom is -0.378 e. The van der Waals surface area contributed by atoms with Gasteiger partial charge in [0.05, 0.1) is 17.1 Å². The number of aryl methyl sites for hydroxylation is 2. The minimum absolute atomic E-state index is 0.648. The molecule has 2 N–H and O–H groups in total. The van der Waals surface area contributed by atoms with E-state index in [1.807, 2.05) is 26.0 Å². The Morgan fingerprint density at radius 2 is 2.06 bits per heavy atom. The Balaban J connectivity index is 2.13. The van der Waals surface area contributed by atoms with Gasteiger partial charge < -0.3 is 5.32 Å². The maximum Gasteiger partial charge on any atom is 0.0825 e. The lowest BCUT2D eigenvalue weighted by atomic mass is 10.2. The maximum absolute atomic E-state index is 6.10. The third kappa shape index (κ3) is 2.73. The molecule has 1 aromatic heterocycles. The number of hydrogen-bond donors (Lipinski definition) is 2. The van der Waals surface area contributed by atoms with Gasteiger partial charge in [-0.05, 0) is 31.5 Å². The molecule has 2 aromatic rings. The third-order valence-corrected chi connectivity index (χ3v) is 3.19. The van der Waals surface area contributed by atoms with Gasteiger partial charge in [0.2, 0.25) is 0 Å². The van der Waals surface area contributed by atoms with Gasteiger partial charge >= 0.3 is 0 Å². The van der Waals surface area contributed by atoms with Crippen molar-refractivity contribution in [2.75, 3.05) is 5.32 Å². The van der Waals surface area contributed by atoms with Crippen molar-refractivity contribution in [3.05, 3.63) is 45.2 Å². The van der Waals surface area contributed by atoms with E-state index in [0.717, 1.165) is 22.6 Å². The average Bonchev–Trinajstić information content (AvgIpc) is 2.58. The van der Waals surface area contributed by atoms with E-state index in [1.54, 1.807) is 6.07 Å². The quantitative estimate of drug-likeness (QED) is 0.886. The molecule has 3 nitrogen and oxygen atoms in total. The van der Waals surface area contributed by atoms with Gasteiger partial charge in [0.1, 0.15) is 0 Å². The molecule has 0 aliphatic rings. The molecule has 0 unspecified atom stereocenters. The molecule has 0 spiro atoms. The molecule has 0 radical (unpaired) electrons. The highest BCUT2D eigenvalue weighted by Gasteiger charge is 2.07. The molecule has 5 heteroatoms. The molecule has 90 valence electrons. The van der Waals surface area contributed by atoms with Gasteiger partial charge in [-0.1, -0.05) is 29.3 Å². The lowest BCUT2D eigenvalue weighted by Crippen LogP contribution is -2.01. The van der Waals surface area contributed by atoms with Gasteiger partial charge in [0, 0.05) is 16.6 Å². The highest BCUT2D eigenvalue weighted by atomic mass is 35.5. The molecular formula is C12H13Cl2N3. The number of aromatic amines is 1. The predicted octanol–water partition coefficient (Wildman–Crippen LogP) is 3.95. The van der Waals surface area contributed by atoms with Crippen LogP contribution >= 0.6 is 23.2 Å². The summed E-state index contributed by atoms with van der Waals surface area (Å²) in [6, 6.07) is 5.50. The smallest absolute Gasteiger partial charge is 0.0825 e. The van der Waals surface area contributed by atoms with Crippen LogP contribution in [-0.2, 0) is 6.54 Å². The van der Waals surface area contributed by atoms with Crippen LogP contribution in [0, 0.1) is 13.8 Å². The van der Waals surface area contributed by atoms with Gasteiger partial charge in [0.15, 0.2) is 0 Å². The molecule has 0 atom stereocenters. The third-order valence-electron chi connectivity index (χ3n) is 2.60. The topological polar surface area (TPSA) is 40.7 Å². The average molecular weight is 270 g/mol. The summed E-state index contributed by atoms with van der Waals surface area (Å²) in [4.78, 5) is 0. The number of rotatable bonds is 3. The number of halogens is 2. The monoisotopic (exact) mass is 269 g/mol. The van der Waals surface area contributed by atoms with Crippen LogP contribution in [0.15, 0.2) is 18.2 Å². The molecule has 0 aliphatic carbocycles. The van der Waals surface area contributed by atoms with Gasteiger partial charge in [0.25, 0.3) is 0 Å². The van der Waals surface area contributed by atoms with Crippen molar-refractivity contribution in [2.24, 2.45) is 0 Å². The van der Waals surface area contributed by atoms with E-state index in [4.69, 9.17) is 23.2 Å². The van der Waals surface area contributed by atoms with E-state index in [9.17, 15) is 0 Å². The molecule has 0 saturated carbocycles. The Bertz CT molecular complexity index is 515. The Morgan fingerprint density at radius 1 is 1.29 bits per heavy atom. The first-order chi connectivity index (χ1) is 8.08.